The number of rotatable bonds is 6. The van der Waals surface area contributed by atoms with Crippen LogP contribution in [0.1, 0.15) is 53.1 Å². The molecule has 0 bridgehead atoms. The highest BCUT2D eigenvalue weighted by molar-refractivity contribution is 8.01. The third-order valence-electron chi connectivity index (χ3n) is 6.86. The number of carbonyl (C=O) groups excluding carboxylic acids is 2. The second kappa shape index (κ2) is 9.45. The molecule has 1 amide bonds. The van der Waals surface area contributed by atoms with Gasteiger partial charge in [-0.05, 0) is 42.7 Å². The fraction of sp³-hybridized carbons (Fsp3) is 0.276. The highest BCUT2D eigenvalue weighted by atomic mass is 32.2. The summed E-state index contributed by atoms with van der Waals surface area (Å²) in [6, 6.07) is 27.4. The Hall–Kier alpha value is -3.60. The predicted molar refractivity (Wildman–Crippen MR) is 137 cm³/mol. The van der Waals surface area contributed by atoms with Crippen molar-refractivity contribution in [3.63, 3.8) is 0 Å². The standard InChI is InChI=1S/C29H26N2O4S/c1-29(2)22(17-30)31-26(33)23(27(31)36-29)24(32)18-13-15-21(16-14-18)28(34)35-25(19-9-5-3-6-10-19)20-11-7-4-8-12-20/h3-16,22-25,27,32H,1-2H3/t22-,23-,24?,27+/m0/s1. The number of β-lactam (4-membered cyclic amide) rings is 1. The summed E-state index contributed by atoms with van der Waals surface area (Å²) in [6.07, 6.45) is -1.58. The van der Waals surface area contributed by atoms with Gasteiger partial charge in [-0.25, -0.2) is 4.79 Å². The molecule has 2 aliphatic rings. The lowest BCUT2D eigenvalue weighted by Gasteiger charge is -2.45. The molecule has 7 heteroatoms. The van der Waals surface area contributed by atoms with Gasteiger partial charge < -0.3 is 14.7 Å². The SMILES string of the molecule is CC1(C)S[C@@H]2[C@@H](C(O)c3ccc(C(=O)OC(c4ccccc4)c4ccccc4)cc3)C(=O)N2[C@H]1C#N. The summed E-state index contributed by atoms with van der Waals surface area (Å²) < 4.78 is 5.52. The molecule has 6 nitrogen and oxygen atoms in total. The fourth-order valence-electron chi connectivity index (χ4n) is 4.92. The molecular formula is C29H26N2O4S. The maximum absolute atomic E-state index is 13.0. The number of aliphatic hydroxyl groups is 1. The van der Waals surface area contributed by atoms with Crippen molar-refractivity contribution in [1.82, 2.24) is 4.90 Å². The molecule has 2 fully saturated rings. The molecule has 3 aromatic carbocycles. The summed E-state index contributed by atoms with van der Waals surface area (Å²) in [5.74, 6) is -1.32. The van der Waals surface area contributed by atoms with Crippen LogP contribution in [-0.4, -0.2) is 38.0 Å². The predicted octanol–water partition coefficient (Wildman–Crippen LogP) is 4.87. The number of fused-ring (bicyclic) bond motifs is 1. The van der Waals surface area contributed by atoms with Crippen LogP contribution in [-0.2, 0) is 9.53 Å². The van der Waals surface area contributed by atoms with Crippen molar-refractivity contribution in [2.24, 2.45) is 5.92 Å². The van der Waals surface area contributed by atoms with Crippen LogP contribution < -0.4 is 0 Å². The Labute approximate surface area is 214 Å². The van der Waals surface area contributed by atoms with Gasteiger partial charge in [-0.2, -0.15) is 5.26 Å². The van der Waals surface area contributed by atoms with Gasteiger partial charge in [0.15, 0.2) is 6.10 Å². The monoisotopic (exact) mass is 498 g/mol. The van der Waals surface area contributed by atoms with E-state index < -0.39 is 34.9 Å². The van der Waals surface area contributed by atoms with E-state index in [2.05, 4.69) is 6.07 Å². The molecule has 2 heterocycles. The zero-order valence-electron chi connectivity index (χ0n) is 19.9. The zero-order valence-corrected chi connectivity index (χ0v) is 20.8. The Bertz CT molecular complexity index is 1270. The minimum Gasteiger partial charge on any atom is -0.449 e. The van der Waals surface area contributed by atoms with Gasteiger partial charge in [0.25, 0.3) is 0 Å². The lowest BCUT2D eigenvalue weighted by molar-refractivity contribution is -0.159. The largest absolute Gasteiger partial charge is 0.449 e. The summed E-state index contributed by atoms with van der Waals surface area (Å²) >= 11 is 1.54. The minimum atomic E-state index is -1.02. The van der Waals surface area contributed by atoms with Gasteiger partial charge >= 0.3 is 5.97 Å². The number of nitrogens with zero attached hydrogens (tertiary/aromatic N) is 2. The Morgan fingerprint density at radius 1 is 0.972 bits per heavy atom. The van der Waals surface area contributed by atoms with Crippen LogP contribution >= 0.6 is 11.8 Å². The number of ether oxygens (including phenoxy) is 1. The normalized spacial score (nSPS) is 22.9. The molecule has 3 aromatic rings. The van der Waals surface area contributed by atoms with Crippen LogP contribution in [0.2, 0.25) is 0 Å². The maximum Gasteiger partial charge on any atom is 0.339 e. The first-order valence-electron chi connectivity index (χ1n) is 11.8. The van der Waals surface area contributed by atoms with Gasteiger partial charge in [0, 0.05) is 4.75 Å². The van der Waals surface area contributed by atoms with E-state index in [1.165, 1.54) is 0 Å². The second-order valence-electron chi connectivity index (χ2n) is 9.59. The topological polar surface area (TPSA) is 90.6 Å². The van der Waals surface area contributed by atoms with Gasteiger partial charge in [-0.3, -0.25) is 4.79 Å². The molecule has 182 valence electrons. The van der Waals surface area contributed by atoms with Crippen LogP contribution in [0.15, 0.2) is 84.9 Å². The van der Waals surface area contributed by atoms with E-state index >= 15 is 0 Å². The molecule has 1 N–H and O–H groups in total. The lowest BCUT2D eigenvalue weighted by atomic mass is 9.85. The molecule has 0 aromatic heterocycles. The number of esters is 1. The van der Waals surface area contributed by atoms with Gasteiger partial charge in [0.05, 0.1) is 29.0 Å². The summed E-state index contributed by atoms with van der Waals surface area (Å²) in [5, 5.41) is 20.3. The summed E-state index contributed by atoms with van der Waals surface area (Å²) in [4.78, 5) is 27.4. The van der Waals surface area contributed by atoms with Crippen LogP contribution in [0.25, 0.3) is 0 Å². The van der Waals surface area contributed by atoms with Crippen molar-refractivity contribution in [2.75, 3.05) is 0 Å². The third kappa shape index (κ3) is 4.17. The van der Waals surface area contributed by atoms with E-state index in [4.69, 9.17) is 4.74 Å². The minimum absolute atomic E-state index is 0.214. The van der Waals surface area contributed by atoms with Crippen molar-refractivity contribution in [3.8, 4) is 6.07 Å². The van der Waals surface area contributed by atoms with Crippen molar-refractivity contribution in [3.05, 3.63) is 107 Å². The maximum atomic E-state index is 13.0. The summed E-state index contributed by atoms with van der Waals surface area (Å²) in [6.45, 7) is 3.89. The van der Waals surface area contributed by atoms with E-state index in [0.29, 0.717) is 11.1 Å². The summed E-state index contributed by atoms with van der Waals surface area (Å²) in [7, 11) is 0. The quantitative estimate of drug-likeness (QED) is 0.385. The van der Waals surface area contributed by atoms with E-state index in [-0.39, 0.29) is 11.3 Å². The van der Waals surface area contributed by atoms with Crippen molar-refractivity contribution in [1.29, 1.82) is 5.26 Å². The number of nitriles is 1. The van der Waals surface area contributed by atoms with E-state index in [0.717, 1.165) is 11.1 Å². The van der Waals surface area contributed by atoms with Crippen LogP contribution in [0, 0.1) is 17.2 Å². The van der Waals surface area contributed by atoms with Gasteiger partial charge in [0.2, 0.25) is 5.91 Å². The third-order valence-corrected chi connectivity index (χ3v) is 8.45. The first-order chi connectivity index (χ1) is 17.3. The van der Waals surface area contributed by atoms with E-state index in [1.54, 1.807) is 40.9 Å². The Balaban J connectivity index is 1.31. The Morgan fingerprint density at radius 3 is 2.06 bits per heavy atom. The number of carbonyl (C=O) groups is 2. The lowest BCUT2D eigenvalue weighted by Crippen LogP contribution is -2.61. The smallest absolute Gasteiger partial charge is 0.339 e. The molecule has 2 saturated heterocycles. The molecule has 36 heavy (non-hydrogen) atoms. The molecule has 2 aliphatic heterocycles. The second-order valence-corrected chi connectivity index (χ2v) is 11.4. The molecule has 5 rings (SSSR count). The van der Waals surface area contributed by atoms with E-state index in [1.807, 2.05) is 74.5 Å². The van der Waals surface area contributed by atoms with E-state index in [9.17, 15) is 20.0 Å². The van der Waals surface area contributed by atoms with Gasteiger partial charge in [-0.1, -0.05) is 72.8 Å². The highest BCUT2D eigenvalue weighted by Gasteiger charge is 2.63. The number of thioether (sulfide) groups is 1. The average molecular weight is 499 g/mol. The number of benzene rings is 3. The molecule has 0 radical (unpaired) electrons. The average Bonchev–Trinajstić information content (AvgIpc) is 3.14. The molecule has 0 spiro atoms. The van der Waals surface area contributed by atoms with Crippen molar-refractivity contribution >= 4 is 23.6 Å². The molecule has 0 aliphatic carbocycles. The first kappa shape index (κ1) is 24.1. The highest BCUT2D eigenvalue weighted by Crippen LogP contribution is 2.55. The van der Waals surface area contributed by atoms with Crippen LogP contribution in [0.4, 0.5) is 0 Å². The number of aliphatic hydroxyl groups excluding tert-OH is 1. The zero-order chi connectivity index (χ0) is 25.4. The number of hydrogen-bond acceptors (Lipinski definition) is 6. The van der Waals surface area contributed by atoms with Crippen molar-refractivity contribution < 1.29 is 19.4 Å². The van der Waals surface area contributed by atoms with Gasteiger partial charge in [-0.15, -0.1) is 11.8 Å². The number of hydrogen-bond donors (Lipinski definition) is 1. The van der Waals surface area contributed by atoms with Crippen LogP contribution in [0.5, 0.6) is 0 Å². The molecule has 0 saturated carbocycles. The Kier molecular flexibility index (Phi) is 6.33. The summed E-state index contributed by atoms with van der Waals surface area (Å²) in [5.41, 5.74) is 2.63. The first-order valence-corrected chi connectivity index (χ1v) is 12.7. The van der Waals surface area contributed by atoms with Crippen molar-refractivity contribution in [2.45, 2.75) is 42.2 Å². The molecular weight excluding hydrogens is 472 g/mol. The number of amides is 1. The van der Waals surface area contributed by atoms with Gasteiger partial charge in [0.1, 0.15) is 6.04 Å². The van der Waals surface area contributed by atoms with Crippen LogP contribution in [0.3, 0.4) is 0 Å². The fourth-order valence-corrected chi connectivity index (χ4v) is 6.59. The molecule has 1 unspecified atom stereocenters. The Morgan fingerprint density at radius 2 is 1.53 bits per heavy atom. The molecule has 4 atom stereocenters.